The molecule has 0 aromatic heterocycles. The topological polar surface area (TPSA) is 53.1 Å². The van der Waals surface area contributed by atoms with E-state index in [1.807, 2.05) is 30.0 Å². The molecule has 94 valence electrons. The first kappa shape index (κ1) is 14.4. The molecule has 1 atom stereocenters. The molecule has 0 heterocycles. The van der Waals surface area contributed by atoms with Gasteiger partial charge in [0.15, 0.2) is 0 Å². The molecule has 0 fully saturated rings. The monoisotopic (exact) mass is 315 g/mol. The van der Waals surface area contributed by atoms with Gasteiger partial charge in [0.2, 0.25) is 0 Å². The summed E-state index contributed by atoms with van der Waals surface area (Å²) in [4.78, 5) is 2.23. The minimum absolute atomic E-state index is 0.0863. The Kier molecular flexibility index (Phi) is 5.33. The Balaban J connectivity index is 2.93. The van der Waals surface area contributed by atoms with Gasteiger partial charge in [-0.25, -0.2) is 0 Å². The molecule has 0 amide bonds. The predicted octanol–water partition coefficient (Wildman–Crippen LogP) is 2.92. The lowest BCUT2D eigenvalue weighted by Crippen LogP contribution is -2.30. The summed E-state index contributed by atoms with van der Waals surface area (Å²) < 4.78 is 0.866. The fourth-order valence-electron chi connectivity index (χ4n) is 1.55. The van der Waals surface area contributed by atoms with Gasteiger partial charge in [0.1, 0.15) is 5.84 Å². The van der Waals surface area contributed by atoms with E-state index in [9.17, 15) is 0 Å². The number of anilines is 1. The lowest BCUT2D eigenvalue weighted by atomic mass is 10.1. The molecule has 0 aliphatic heterocycles. The molecule has 0 aliphatic rings. The minimum Gasteiger partial charge on any atom is -0.384 e. The van der Waals surface area contributed by atoms with Gasteiger partial charge in [0, 0.05) is 34.6 Å². The van der Waals surface area contributed by atoms with Crippen molar-refractivity contribution in [3.8, 4) is 0 Å². The molecule has 1 rings (SSSR count). The molecule has 3 nitrogen and oxygen atoms in total. The smallest absolute Gasteiger partial charge is 0.123 e. The molecule has 0 aliphatic carbocycles. The van der Waals surface area contributed by atoms with Crippen molar-refractivity contribution in [3.63, 3.8) is 0 Å². The van der Waals surface area contributed by atoms with Gasteiger partial charge in [-0.1, -0.05) is 0 Å². The first-order chi connectivity index (χ1) is 7.97. The van der Waals surface area contributed by atoms with E-state index in [0.717, 1.165) is 21.5 Å². The van der Waals surface area contributed by atoms with Crippen molar-refractivity contribution in [1.82, 2.24) is 0 Å². The number of hydrogen-bond donors (Lipinski definition) is 2. The summed E-state index contributed by atoms with van der Waals surface area (Å²) in [6, 6.07) is 6.36. The second kappa shape index (κ2) is 6.31. The zero-order chi connectivity index (χ0) is 13.0. The zero-order valence-electron chi connectivity index (χ0n) is 10.3. The lowest BCUT2D eigenvalue weighted by Gasteiger charge is -2.27. The second-order valence-corrected chi connectivity index (χ2v) is 5.76. The van der Waals surface area contributed by atoms with E-state index in [1.165, 1.54) is 0 Å². The number of amidine groups is 1. The summed E-state index contributed by atoms with van der Waals surface area (Å²) in [6.07, 6.45) is 2.11. The van der Waals surface area contributed by atoms with Gasteiger partial charge in [-0.15, -0.1) is 0 Å². The van der Waals surface area contributed by atoms with Crippen LogP contribution in [0.5, 0.6) is 0 Å². The van der Waals surface area contributed by atoms with Crippen LogP contribution in [0.25, 0.3) is 0 Å². The maximum atomic E-state index is 7.44. The number of nitrogens with zero attached hydrogens (tertiary/aromatic N) is 1. The van der Waals surface area contributed by atoms with E-state index in [2.05, 4.69) is 41.1 Å². The molecule has 1 unspecified atom stereocenters. The second-order valence-electron chi connectivity index (χ2n) is 3.99. The Labute approximate surface area is 115 Å². The van der Waals surface area contributed by atoms with E-state index < -0.39 is 0 Å². The third-order valence-electron chi connectivity index (χ3n) is 2.72. The average molecular weight is 316 g/mol. The van der Waals surface area contributed by atoms with Crippen molar-refractivity contribution in [3.05, 3.63) is 28.2 Å². The van der Waals surface area contributed by atoms with Crippen LogP contribution in [0, 0.1) is 5.41 Å². The number of nitrogens with two attached hydrogens (primary N) is 1. The fourth-order valence-corrected chi connectivity index (χ4v) is 2.84. The van der Waals surface area contributed by atoms with Gasteiger partial charge < -0.3 is 10.6 Å². The molecule has 0 bridgehead atoms. The Hall–Kier alpha value is -0.680. The van der Waals surface area contributed by atoms with Crippen molar-refractivity contribution < 1.29 is 0 Å². The van der Waals surface area contributed by atoms with Crippen LogP contribution in [0.2, 0.25) is 0 Å². The molecule has 0 radical (unpaired) electrons. The third kappa shape index (κ3) is 3.64. The fraction of sp³-hybridized carbons (Fsp3) is 0.417. The van der Waals surface area contributed by atoms with Gasteiger partial charge in [-0.2, -0.15) is 11.8 Å². The van der Waals surface area contributed by atoms with Gasteiger partial charge in [0.25, 0.3) is 0 Å². The van der Waals surface area contributed by atoms with Crippen LogP contribution in [0.1, 0.15) is 12.5 Å². The summed E-state index contributed by atoms with van der Waals surface area (Å²) in [7, 11) is 2.08. The summed E-state index contributed by atoms with van der Waals surface area (Å²) >= 11 is 5.29. The number of nitrogen functional groups attached to an aromatic ring is 1. The highest BCUT2D eigenvalue weighted by atomic mass is 79.9. The average Bonchev–Trinajstić information content (AvgIpc) is 2.27. The van der Waals surface area contributed by atoms with Crippen LogP contribution in [-0.2, 0) is 0 Å². The van der Waals surface area contributed by atoms with Gasteiger partial charge in [-0.05, 0) is 47.3 Å². The number of rotatable bonds is 5. The highest BCUT2D eigenvalue weighted by Crippen LogP contribution is 2.24. The number of hydrogen-bond acceptors (Lipinski definition) is 3. The molecule has 17 heavy (non-hydrogen) atoms. The molecule has 0 saturated heterocycles. The number of thioether (sulfide) groups is 1. The highest BCUT2D eigenvalue weighted by Gasteiger charge is 2.11. The summed E-state index contributed by atoms with van der Waals surface area (Å²) in [5, 5.41) is 7.44. The zero-order valence-corrected chi connectivity index (χ0v) is 12.7. The van der Waals surface area contributed by atoms with Crippen molar-refractivity contribution >= 4 is 39.2 Å². The van der Waals surface area contributed by atoms with Crippen LogP contribution in [0.4, 0.5) is 5.69 Å². The Morgan fingerprint density at radius 3 is 2.71 bits per heavy atom. The Morgan fingerprint density at radius 2 is 2.24 bits per heavy atom. The quantitative estimate of drug-likeness (QED) is 0.649. The third-order valence-corrected chi connectivity index (χ3v) is 4.19. The number of halogens is 1. The molecule has 1 aromatic rings. The maximum Gasteiger partial charge on any atom is 0.123 e. The SMILES string of the molecule is CSCC(C)N(C)c1ccc(C(=N)N)c(Br)c1. The standard InChI is InChI=1S/C12H18BrN3S/c1-8(7-17-3)16(2)9-4-5-10(12(14)15)11(13)6-9/h4-6,8H,7H2,1-3H3,(H3,14,15). The predicted molar refractivity (Wildman–Crippen MR) is 81.4 cm³/mol. The minimum atomic E-state index is 0.0863. The molecular weight excluding hydrogens is 298 g/mol. The lowest BCUT2D eigenvalue weighted by molar-refractivity contribution is 0.765. The molecule has 0 saturated carbocycles. The van der Waals surface area contributed by atoms with E-state index in [1.54, 1.807) is 0 Å². The van der Waals surface area contributed by atoms with Crippen LogP contribution >= 0.6 is 27.7 Å². The molecule has 3 N–H and O–H groups in total. The van der Waals surface area contributed by atoms with Crippen molar-refractivity contribution in [1.29, 1.82) is 5.41 Å². The van der Waals surface area contributed by atoms with Crippen LogP contribution < -0.4 is 10.6 Å². The normalized spacial score (nSPS) is 12.2. The summed E-state index contributed by atoms with van der Waals surface area (Å²) in [5.74, 6) is 1.17. The number of benzene rings is 1. The van der Waals surface area contributed by atoms with Crippen LogP contribution in [-0.4, -0.2) is 30.9 Å². The van der Waals surface area contributed by atoms with E-state index in [0.29, 0.717) is 6.04 Å². The number of nitrogens with one attached hydrogen (secondary N) is 1. The van der Waals surface area contributed by atoms with Gasteiger partial charge in [-0.3, -0.25) is 5.41 Å². The maximum absolute atomic E-state index is 7.44. The Morgan fingerprint density at radius 1 is 1.59 bits per heavy atom. The van der Waals surface area contributed by atoms with Crippen LogP contribution in [0.15, 0.2) is 22.7 Å². The highest BCUT2D eigenvalue weighted by molar-refractivity contribution is 9.10. The molecule has 1 aromatic carbocycles. The van der Waals surface area contributed by atoms with E-state index >= 15 is 0 Å². The van der Waals surface area contributed by atoms with E-state index in [4.69, 9.17) is 11.1 Å². The van der Waals surface area contributed by atoms with Gasteiger partial charge in [0.05, 0.1) is 0 Å². The summed E-state index contributed by atoms with van der Waals surface area (Å²) in [6.45, 7) is 2.20. The van der Waals surface area contributed by atoms with Crippen molar-refractivity contribution in [2.75, 3.05) is 24.0 Å². The van der Waals surface area contributed by atoms with Crippen LogP contribution in [0.3, 0.4) is 0 Å². The van der Waals surface area contributed by atoms with E-state index in [-0.39, 0.29) is 5.84 Å². The molecular formula is C12H18BrN3S. The Bertz CT molecular complexity index is 409. The largest absolute Gasteiger partial charge is 0.384 e. The first-order valence-corrected chi connectivity index (χ1v) is 7.51. The molecule has 5 heteroatoms. The molecule has 0 spiro atoms. The van der Waals surface area contributed by atoms with Gasteiger partial charge >= 0.3 is 0 Å². The first-order valence-electron chi connectivity index (χ1n) is 5.33. The van der Waals surface area contributed by atoms with Crippen molar-refractivity contribution in [2.45, 2.75) is 13.0 Å². The summed E-state index contributed by atoms with van der Waals surface area (Å²) in [5.41, 5.74) is 7.35. The van der Waals surface area contributed by atoms with Crippen molar-refractivity contribution in [2.24, 2.45) is 5.73 Å².